The van der Waals surface area contributed by atoms with E-state index in [4.69, 9.17) is 0 Å². The van der Waals surface area contributed by atoms with E-state index in [0.29, 0.717) is 5.92 Å². The number of carbonyl (C=O) groups excluding carboxylic acids is 1. The highest BCUT2D eigenvalue weighted by Crippen LogP contribution is 2.25. The first-order chi connectivity index (χ1) is 13.6. The van der Waals surface area contributed by atoms with Gasteiger partial charge in [0.15, 0.2) is 0 Å². The molecule has 0 bridgehead atoms. The number of hydrogen-bond acceptors (Lipinski definition) is 4. The highest BCUT2D eigenvalue weighted by Gasteiger charge is 2.26. The lowest BCUT2D eigenvalue weighted by Gasteiger charge is -2.19. The van der Waals surface area contributed by atoms with Crippen molar-refractivity contribution in [1.29, 1.82) is 0 Å². The first-order valence-electron chi connectivity index (χ1n) is 9.72. The van der Waals surface area contributed by atoms with E-state index < -0.39 is 0 Å². The summed E-state index contributed by atoms with van der Waals surface area (Å²) in [6, 6.07) is 15.9. The normalized spacial score (nSPS) is 16.5. The Hall–Kier alpha value is -3.15. The lowest BCUT2D eigenvalue weighted by molar-refractivity contribution is 0.249. The third-order valence-corrected chi connectivity index (χ3v) is 5.18. The van der Waals surface area contributed by atoms with Gasteiger partial charge in [0.25, 0.3) is 0 Å². The Morgan fingerprint density at radius 3 is 2.68 bits per heavy atom. The molecule has 4 rings (SSSR count). The zero-order valence-corrected chi connectivity index (χ0v) is 16.2. The van der Waals surface area contributed by atoms with Crippen LogP contribution in [0.4, 0.5) is 16.3 Å². The fourth-order valence-corrected chi connectivity index (χ4v) is 3.62. The predicted octanol–water partition coefficient (Wildman–Crippen LogP) is 4.15. The summed E-state index contributed by atoms with van der Waals surface area (Å²) in [5, 5.41) is 7.04. The van der Waals surface area contributed by atoms with Gasteiger partial charge in [0.1, 0.15) is 12.1 Å². The Balaban J connectivity index is 1.37. The minimum Gasteiger partial charge on any atom is -0.354 e. The fraction of sp³-hybridized carbons (Fsp3) is 0.318. The molecule has 2 heterocycles. The highest BCUT2D eigenvalue weighted by atomic mass is 16.2. The van der Waals surface area contributed by atoms with Gasteiger partial charge in [-0.15, -0.1) is 0 Å². The molecule has 2 amide bonds. The Kier molecular flexibility index (Phi) is 5.10. The van der Waals surface area contributed by atoms with Gasteiger partial charge in [0.05, 0.1) is 5.52 Å². The lowest BCUT2D eigenvalue weighted by atomic mass is 10.0. The van der Waals surface area contributed by atoms with Crippen LogP contribution >= 0.6 is 0 Å². The van der Waals surface area contributed by atoms with Crippen LogP contribution in [0.3, 0.4) is 0 Å². The molecule has 1 unspecified atom stereocenters. The molecule has 0 radical (unpaired) electrons. The number of urea groups is 1. The molecule has 3 aromatic rings. The number of amides is 2. The van der Waals surface area contributed by atoms with Crippen molar-refractivity contribution >= 4 is 28.4 Å². The van der Waals surface area contributed by atoms with Crippen LogP contribution in [0.5, 0.6) is 0 Å². The zero-order valence-electron chi connectivity index (χ0n) is 16.2. The van der Waals surface area contributed by atoms with Crippen molar-refractivity contribution in [3.8, 4) is 0 Å². The number of nitrogens with one attached hydrogen (secondary N) is 2. The molecule has 1 saturated heterocycles. The second-order valence-electron chi connectivity index (χ2n) is 7.52. The maximum Gasteiger partial charge on any atom is 0.319 e. The molecule has 6 nitrogen and oxygen atoms in total. The molecule has 1 aliphatic heterocycles. The Morgan fingerprint density at radius 2 is 1.89 bits per heavy atom. The van der Waals surface area contributed by atoms with Crippen LogP contribution in [-0.2, 0) is 0 Å². The first kappa shape index (κ1) is 18.2. The van der Waals surface area contributed by atoms with Crippen molar-refractivity contribution in [2.75, 3.05) is 23.3 Å². The van der Waals surface area contributed by atoms with E-state index in [-0.39, 0.29) is 12.1 Å². The second kappa shape index (κ2) is 7.84. The van der Waals surface area contributed by atoms with Crippen molar-refractivity contribution in [2.24, 2.45) is 0 Å². The molecule has 2 aromatic carbocycles. The molecule has 1 aliphatic rings. The number of anilines is 2. The number of para-hydroxylation sites is 1. The Bertz CT molecular complexity index is 965. The van der Waals surface area contributed by atoms with Crippen molar-refractivity contribution in [3.05, 3.63) is 60.4 Å². The quantitative estimate of drug-likeness (QED) is 0.719. The van der Waals surface area contributed by atoms with Gasteiger partial charge in [-0.1, -0.05) is 38.1 Å². The molecule has 144 valence electrons. The van der Waals surface area contributed by atoms with Crippen LogP contribution in [-0.4, -0.2) is 35.1 Å². The molecule has 28 heavy (non-hydrogen) atoms. The van der Waals surface area contributed by atoms with Crippen molar-refractivity contribution in [1.82, 2.24) is 15.3 Å². The molecule has 6 heteroatoms. The highest BCUT2D eigenvalue weighted by molar-refractivity contribution is 5.90. The van der Waals surface area contributed by atoms with E-state index in [9.17, 15) is 4.79 Å². The monoisotopic (exact) mass is 375 g/mol. The second-order valence-corrected chi connectivity index (χ2v) is 7.52. The van der Waals surface area contributed by atoms with Crippen LogP contribution in [0.2, 0.25) is 0 Å². The van der Waals surface area contributed by atoms with E-state index in [2.05, 4.69) is 51.5 Å². The number of nitrogens with zero attached hydrogens (tertiary/aromatic N) is 3. The number of carbonyl (C=O) groups is 1. The zero-order chi connectivity index (χ0) is 19.5. The van der Waals surface area contributed by atoms with Gasteiger partial charge < -0.3 is 15.5 Å². The van der Waals surface area contributed by atoms with Crippen LogP contribution in [0, 0.1) is 0 Å². The molecule has 1 aromatic heterocycles. The maximum atomic E-state index is 12.4. The van der Waals surface area contributed by atoms with Crippen molar-refractivity contribution < 1.29 is 4.79 Å². The molecule has 2 N–H and O–H groups in total. The maximum absolute atomic E-state index is 12.4. The number of rotatable bonds is 4. The summed E-state index contributed by atoms with van der Waals surface area (Å²) in [5.41, 5.74) is 3.00. The number of hydrogen-bond donors (Lipinski definition) is 2. The molecular weight excluding hydrogens is 350 g/mol. The average molecular weight is 375 g/mol. The number of benzene rings is 2. The lowest BCUT2D eigenvalue weighted by Crippen LogP contribution is -2.39. The standard InChI is InChI=1S/C22H25N5O/c1-15(2)16-7-9-17(10-8-16)25-22(28)26-18-11-12-27(13-18)21-19-5-3-4-6-20(19)23-14-24-21/h3-10,14-15,18H,11-13H2,1-2H3,(H2,25,26,28). The van der Waals surface area contributed by atoms with Crippen LogP contribution < -0.4 is 15.5 Å². The third-order valence-electron chi connectivity index (χ3n) is 5.18. The Morgan fingerprint density at radius 1 is 1.11 bits per heavy atom. The van der Waals surface area contributed by atoms with E-state index in [1.54, 1.807) is 6.33 Å². The first-order valence-corrected chi connectivity index (χ1v) is 9.72. The summed E-state index contributed by atoms with van der Waals surface area (Å²) in [6.45, 7) is 5.90. The molecule has 1 fully saturated rings. The van der Waals surface area contributed by atoms with E-state index in [1.165, 1.54) is 5.56 Å². The van der Waals surface area contributed by atoms with Crippen LogP contribution in [0.15, 0.2) is 54.9 Å². The predicted molar refractivity (Wildman–Crippen MR) is 113 cm³/mol. The topological polar surface area (TPSA) is 70.2 Å². The minimum atomic E-state index is -0.170. The van der Waals surface area contributed by atoms with Gasteiger partial charge >= 0.3 is 6.03 Å². The average Bonchev–Trinajstić information content (AvgIpc) is 3.16. The van der Waals surface area contributed by atoms with Gasteiger partial charge in [0.2, 0.25) is 0 Å². The third kappa shape index (κ3) is 3.91. The number of fused-ring (bicyclic) bond motifs is 1. The van der Waals surface area contributed by atoms with Crippen LogP contribution in [0.25, 0.3) is 10.9 Å². The van der Waals surface area contributed by atoms with Crippen molar-refractivity contribution in [3.63, 3.8) is 0 Å². The summed E-state index contributed by atoms with van der Waals surface area (Å²) in [7, 11) is 0. The molecule has 0 saturated carbocycles. The number of aromatic nitrogens is 2. The van der Waals surface area contributed by atoms with Gasteiger partial charge in [-0.2, -0.15) is 0 Å². The van der Waals surface area contributed by atoms with Gasteiger partial charge in [-0.05, 0) is 42.2 Å². The summed E-state index contributed by atoms with van der Waals surface area (Å²) in [4.78, 5) is 23.4. The molecule has 0 aliphatic carbocycles. The fourth-order valence-electron chi connectivity index (χ4n) is 3.62. The van der Waals surface area contributed by atoms with E-state index in [1.807, 2.05) is 36.4 Å². The molecular formula is C22H25N5O. The Labute approximate surface area is 165 Å². The van der Waals surface area contributed by atoms with Crippen molar-refractivity contribution in [2.45, 2.75) is 32.2 Å². The summed E-state index contributed by atoms with van der Waals surface area (Å²) < 4.78 is 0. The summed E-state index contributed by atoms with van der Waals surface area (Å²) >= 11 is 0. The smallest absolute Gasteiger partial charge is 0.319 e. The molecule has 1 atom stereocenters. The summed E-state index contributed by atoms with van der Waals surface area (Å²) in [6.07, 6.45) is 2.49. The molecule has 0 spiro atoms. The van der Waals surface area contributed by atoms with Gasteiger partial charge in [0, 0.05) is 30.2 Å². The summed E-state index contributed by atoms with van der Waals surface area (Å²) in [5.74, 6) is 1.41. The van der Waals surface area contributed by atoms with Crippen LogP contribution in [0.1, 0.15) is 31.7 Å². The van der Waals surface area contributed by atoms with E-state index in [0.717, 1.165) is 41.9 Å². The minimum absolute atomic E-state index is 0.0867. The van der Waals surface area contributed by atoms with Gasteiger partial charge in [-0.3, -0.25) is 0 Å². The van der Waals surface area contributed by atoms with E-state index >= 15 is 0 Å². The largest absolute Gasteiger partial charge is 0.354 e. The SMILES string of the molecule is CC(C)c1ccc(NC(=O)NC2CCN(c3ncnc4ccccc34)C2)cc1. The van der Waals surface area contributed by atoms with Gasteiger partial charge in [-0.25, -0.2) is 14.8 Å².